The lowest BCUT2D eigenvalue weighted by Gasteiger charge is -2.31. The van der Waals surface area contributed by atoms with Crippen LogP contribution in [0.1, 0.15) is 68.2 Å². The van der Waals surface area contributed by atoms with Gasteiger partial charge >= 0.3 is 7.82 Å². The van der Waals surface area contributed by atoms with Crippen LogP contribution in [-0.2, 0) is 18.4 Å². The average molecular weight is 369 g/mol. The van der Waals surface area contributed by atoms with E-state index >= 15 is 0 Å². The summed E-state index contributed by atoms with van der Waals surface area (Å²) in [7, 11) is -4.25. The normalized spacial score (nSPS) is 15.8. The highest BCUT2D eigenvalue weighted by Gasteiger charge is 2.37. The lowest BCUT2D eigenvalue weighted by molar-refractivity contribution is -0.137. The predicted molar refractivity (Wildman–Crippen MR) is 95.7 cm³/mol. The number of carbonyl (C=O) groups is 1. The highest BCUT2D eigenvalue weighted by Crippen LogP contribution is 2.48. The number of rotatable bonds is 9. The second-order valence-electron chi connectivity index (χ2n) is 6.98. The van der Waals surface area contributed by atoms with Gasteiger partial charge in [-0.05, 0) is 27.2 Å². The maximum absolute atomic E-state index is 11.8. The van der Waals surface area contributed by atoms with E-state index in [0.717, 1.165) is 12.8 Å². The van der Waals surface area contributed by atoms with Crippen LogP contribution in [0.15, 0.2) is 0 Å². The van der Waals surface area contributed by atoms with E-state index in [2.05, 4.69) is 5.32 Å². The molecule has 0 aromatic carbocycles. The van der Waals surface area contributed by atoms with Crippen molar-refractivity contribution in [3.05, 3.63) is 0 Å². The van der Waals surface area contributed by atoms with Crippen molar-refractivity contribution in [1.29, 1.82) is 0 Å². The van der Waals surface area contributed by atoms with Crippen LogP contribution in [0.4, 0.5) is 0 Å². The number of aliphatic hydroxyl groups excluding tert-OH is 1. The summed E-state index contributed by atoms with van der Waals surface area (Å²) in [4.78, 5) is 21.5. The van der Waals surface area contributed by atoms with Crippen molar-refractivity contribution >= 4 is 13.7 Å². The van der Waals surface area contributed by atoms with Crippen molar-refractivity contribution in [1.82, 2.24) is 5.32 Å². The summed E-state index contributed by atoms with van der Waals surface area (Å²) < 4.78 is 21.7. The summed E-state index contributed by atoms with van der Waals surface area (Å²) in [6.07, 6.45) is 0.403. The molecule has 146 valence electrons. The van der Waals surface area contributed by atoms with Gasteiger partial charge in [0.05, 0.1) is 12.2 Å². The minimum atomic E-state index is -4.25. The summed E-state index contributed by atoms with van der Waals surface area (Å²) >= 11 is 0. The van der Waals surface area contributed by atoms with E-state index in [1.807, 2.05) is 20.8 Å². The molecule has 2 unspecified atom stereocenters. The summed E-state index contributed by atoms with van der Waals surface area (Å²) in [6.45, 7) is 14.2. The Morgan fingerprint density at radius 3 is 2.12 bits per heavy atom. The Bertz CT molecular complexity index is 406. The van der Waals surface area contributed by atoms with Gasteiger partial charge in [0.1, 0.15) is 6.10 Å². The molecule has 3 N–H and O–H groups in total. The molecule has 0 saturated carbocycles. The third kappa shape index (κ3) is 12.0. The fraction of sp³-hybridized carbons (Fsp3) is 0.938. The molecule has 0 bridgehead atoms. The van der Waals surface area contributed by atoms with Crippen LogP contribution in [0, 0.1) is 5.41 Å². The molecule has 0 fully saturated rings. The first-order valence-corrected chi connectivity index (χ1v) is 9.94. The smallest absolute Gasteiger partial charge is 0.383 e. The molecule has 7 nitrogen and oxygen atoms in total. The van der Waals surface area contributed by atoms with Crippen LogP contribution >= 0.6 is 7.82 Å². The number of nitrogens with one attached hydrogen (secondary N) is 1. The highest BCUT2D eigenvalue weighted by molar-refractivity contribution is 7.47. The maximum Gasteiger partial charge on any atom is 0.472 e. The van der Waals surface area contributed by atoms with Gasteiger partial charge in [-0.25, -0.2) is 4.57 Å². The molecule has 0 heterocycles. The summed E-state index contributed by atoms with van der Waals surface area (Å²) in [5.74, 6) is -0.522. The van der Waals surface area contributed by atoms with Gasteiger partial charge in [-0.1, -0.05) is 41.0 Å². The van der Waals surface area contributed by atoms with E-state index in [4.69, 9.17) is 9.05 Å². The second-order valence-corrected chi connectivity index (χ2v) is 8.36. The van der Waals surface area contributed by atoms with E-state index in [1.165, 1.54) is 0 Å². The minimum Gasteiger partial charge on any atom is -0.383 e. The van der Waals surface area contributed by atoms with E-state index < -0.39 is 30.8 Å². The van der Waals surface area contributed by atoms with Crippen LogP contribution in [0.5, 0.6) is 0 Å². The molecule has 0 aromatic heterocycles. The van der Waals surface area contributed by atoms with Gasteiger partial charge in [-0.15, -0.1) is 0 Å². The van der Waals surface area contributed by atoms with Crippen LogP contribution in [0.2, 0.25) is 0 Å². The quantitative estimate of drug-likeness (QED) is 0.426. The first-order valence-electron chi connectivity index (χ1n) is 8.44. The summed E-state index contributed by atoms with van der Waals surface area (Å²) in [5.41, 5.74) is -1.87. The van der Waals surface area contributed by atoms with Crippen molar-refractivity contribution in [2.75, 3.05) is 13.2 Å². The van der Waals surface area contributed by atoms with E-state index in [9.17, 15) is 19.4 Å². The Kier molecular flexibility index (Phi) is 12.0. The van der Waals surface area contributed by atoms with Crippen LogP contribution in [0.25, 0.3) is 0 Å². The second kappa shape index (κ2) is 11.2. The Morgan fingerprint density at radius 2 is 1.71 bits per heavy atom. The van der Waals surface area contributed by atoms with Gasteiger partial charge in [-0.2, -0.15) is 0 Å². The highest BCUT2D eigenvalue weighted by atomic mass is 31.2. The van der Waals surface area contributed by atoms with Crippen molar-refractivity contribution in [2.24, 2.45) is 5.41 Å². The van der Waals surface area contributed by atoms with Gasteiger partial charge in [0.25, 0.3) is 0 Å². The first kappa shape index (κ1) is 25.8. The molecule has 0 aliphatic rings. The van der Waals surface area contributed by atoms with Crippen molar-refractivity contribution in [2.45, 2.75) is 79.9 Å². The molecule has 0 rings (SSSR count). The molecule has 0 aliphatic heterocycles. The number of hydrogen-bond donors (Lipinski definition) is 3. The van der Waals surface area contributed by atoms with Gasteiger partial charge in [0, 0.05) is 12.0 Å². The molecular weight excluding hydrogens is 333 g/mol. The Balaban J connectivity index is 0. The monoisotopic (exact) mass is 369 g/mol. The van der Waals surface area contributed by atoms with Gasteiger partial charge < -0.3 is 15.3 Å². The molecule has 0 radical (unpaired) electrons. The van der Waals surface area contributed by atoms with Gasteiger partial charge in [-0.3, -0.25) is 13.8 Å². The number of aliphatic hydroxyl groups is 1. The fourth-order valence-electron chi connectivity index (χ4n) is 1.54. The lowest BCUT2D eigenvalue weighted by atomic mass is 9.87. The van der Waals surface area contributed by atoms with Crippen LogP contribution in [0.3, 0.4) is 0 Å². The summed E-state index contributed by atoms with van der Waals surface area (Å²) in [6, 6.07) is 0. The topological polar surface area (TPSA) is 105 Å². The zero-order valence-electron chi connectivity index (χ0n) is 16.4. The zero-order valence-corrected chi connectivity index (χ0v) is 17.3. The molecule has 0 aromatic rings. The van der Waals surface area contributed by atoms with Gasteiger partial charge in [0.15, 0.2) is 0 Å². The Labute approximate surface area is 146 Å². The molecule has 0 spiro atoms. The largest absolute Gasteiger partial charge is 0.472 e. The fourth-order valence-corrected chi connectivity index (χ4v) is 2.78. The number of hydrogen-bond acceptors (Lipinski definition) is 5. The first-order chi connectivity index (χ1) is 10.8. The molecule has 0 saturated heterocycles. The third-order valence-corrected chi connectivity index (χ3v) is 4.04. The van der Waals surface area contributed by atoms with Crippen molar-refractivity contribution < 1.29 is 28.4 Å². The summed E-state index contributed by atoms with van der Waals surface area (Å²) in [5, 5.41) is 12.7. The number of phosphoric ester groups is 1. The van der Waals surface area contributed by atoms with Crippen molar-refractivity contribution in [3.63, 3.8) is 0 Å². The van der Waals surface area contributed by atoms with Crippen LogP contribution in [-0.4, -0.2) is 40.8 Å². The molecule has 24 heavy (non-hydrogen) atoms. The number of phosphoric acid groups is 1. The number of carbonyl (C=O) groups excluding carboxylic acids is 1. The van der Waals surface area contributed by atoms with E-state index in [0.29, 0.717) is 6.54 Å². The molecular formula is C16H36NO6P. The average Bonchev–Trinajstić information content (AvgIpc) is 2.44. The predicted octanol–water partition coefficient (Wildman–Crippen LogP) is 3.25. The lowest BCUT2D eigenvalue weighted by Crippen LogP contribution is -2.46. The molecule has 2 atom stereocenters. The maximum atomic E-state index is 11.8. The standard InChI is InChI=1S/C14H30NO6P.C2H6/c1-7-8-9-15-12(17)11(16)14(5,6)10-20-22(18,19)21-13(2,3)4;1-2/h11,16H,7-10H2,1-6H3,(H,15,17)(H,18,19);1-2H3. The Morgan fingerprint density at radius 1 is 1.21 bits per heavy atom. The van der Waals surface area contributed by atoms with Crippen LogP contribution < -0.4 is 5.32 Å². The molecule has 8 heteroatoms. The minimum absolute atomic E-state index is 0.292. The molecule has 0 aliphatic carbocycles. The number of unbranched alkanes of at least 4 members (excludes halogenated alkanes) is 1. The van der Waals surface area contributed by atoms with E-state index in [1.54, 1.807) is 34.6 Å². The van der Waals surface area contributed by atoms with E-state index in [-0.39, 0.29) is 6.61 Å². The van der Waals surface area contributed by atoms with Gasteiger partial charge in [0.2, 0.25) is 5.91 Å². The zero-order chi connectivity index (χ0) is 19.6. The Hall–Kier alpha value is -0.460. The SMILES string of the molecule is CC.CCCCNC(=O)C(O)C(C)(C)COP(=O)(O)OC(C)(C)C. The van der Waals surface area contributed by atoms with Crippen molar-refractivity contribution in [3.8, 4) is 0 Å². The molecule has 1 amide bonds. The number of amides is 1. The third-order valence-electron chi connectivity index (χ3n) is 2.81.